The highest BCUT2D eigenvalue weighted by Gasteiger charge is 2.37. The van der Waals surface area contributed by atoms with Gasteiger partial charge in [0.15, 0.2) is 0 Å². The van der Waals surface area contributed by atoms with Gasteiger partial charge in [-0.2, -0.15) is 28.4 Å². The van der Waals surface area contributed by atoms with Crippen LogP contribution in [0.2, 0.25) is 0 Å². The SMILES string of the molecule is C=CCN1CCN(c2nc(OC[C@@H]3CCN(C)C3)nc3c2CCN(c2ccccc2C(F)(F)F)C3)CC1CC#N. The predicted octanol–water partition coefficient (Wildman–Crippen LogP) is 3.98. The van der Waals surface area contributed by atoms with Gasteiger partial charge in [0.05, 0.1) is 36.9 Å². The Morgan fingerprint density at radius 3 is 2.67 bits per heavy atom. The Bertz CT molecular complexity index is 1250. The summed E-state index contributed by atoms with van der Waals surface area (Å²) in [6.45, 7) is 9.77. The highest BCUT2D eigenvalue weighted by molar-refractivity contribution is 5.59. The molecule has 2 fully saturated rings. The fraction of sp³-hybridized carbons (Fsp3) is 0.552. The Morgan fingerprint density at radius 1 is 1.12 bits per heavy atom. The van der Waals surface area contributed by atoms with Crippen LogP contribution in [0.4, 0.5) is 24.7 Å². The molecule has 214 valence electrons. The lowest BCUT2D eigenvalue weighted by atomic mass is 10.0. The molecule has 0 bridgehead atoms. The Labute approximate surface area is 233 Å². The van der Waals surface area contributed by atoms with Crippen molar-refractivity contribution in [2.45, 2.75) is 38.0 Å². The number of piperazine rings is 1. The number of likely N-dealkylation sites (tertiary alicyclic amines) is 1. The van der Waals surface area contributed by atoms with Crippen LogP contribution in [0, 0.1) is 17.2 Å². The van der Waals surface area contributed by atoms with E-state index in [-0.39, 0.29) is 24.3 Å². The summed E-state index contributed by atoms with van der Waals surface area (Å²) in [6, 6.07) is 8.30. The second kappa shape index (κ2) is 12.0. The van der Waals surface area contributed by atoms with Crippen LogP contribution in [0.1, 0.15) is 29.7 Å². The molecule has 3 aliphatic rings. The molecule has 2 atom stereocenters. The minimum Gasteiger partial charge on any atom is -0.463 e. The van der Waals surface area contributed by atoms with Crippen molar-refractivity contribution in [3.05, 3.63) is 53.7 Å². The Balaban J connectivity index is 1.45. The third-order valence-corrected chi connectivity index (χ3v) is 8.10. The summed E-state index contributed by atoms with van der Waals surface area (Å²) in [7, 11) is 2.09. The van der Waals surface area contributed by atoms with E-state index in [1.807, 2.05) is 6.08 Å². The van der Waals surface area contributed by atoms with Crippen molar-refractivity contribution in [3.8, 4) is 12.1 Å². The number of alkyl halides is 3. The van der Waals surface area contributed by atoms with Crippen molar-refractivity contribution in [1.29, 1.82) is 5.26 Å². The zero-order valence-corrected chi connectivity index (χ0v) is 22.9. The molecular weight excluding hydrogens is 519 g/mol. The van der Waals surface area contributed by atoms with Crippen LogP contribution in [-0.2, 0) is 19.1 Å². The third kappa shape index (κ3) is 6.18. The molecule has 0 aliphatic carbocycles. The average Bonchev–Trinajstić information content (AvgIpc) is 3.37. The summed E-state index contributed by atoms with van der Waals surface area (Å²) in [5, 5.41) is 9.45. The van der Waals surface area contributed by atoms with Crippen LogP contribution in [0.5, 0.6) is 6.01 Å². The van der Waals surface area contributed by atoms with E-state index in [9.17, 15) is 18.4 Å². The van der Waals surface area contributed by atoms with Gasteiger partial charge in [-0.25, -0.2) is 0 Å². The number of anilines is 2. The van der Waals surface area contributed by atoms with Crippen molar-refractivity contribution in [3.63, 3.8) is 0 Å². The lowest BCUT2D eigenvalue weighted by Crippen LogP contribution is -2.53. The Kier molecular flexibility index (Phi) is 8.47. The molecule has 0 saturated carbocycles. The first-order valence-corrected chi connectivity index (χ1v) is 13.9. The van der Waals surface area contributed by atoms with Crippen molar-refractivity contribution in [2.75, 3.05) is 69.3 Å². The number of rotatable bonds is 8. The van der Waals surface area contributed by atoms with Gasteiger partial charge >= 0.3 is 12.2 Å². The highest BCUT2D eigenvalue weighted by atomic mass is 19.4. The number of hydrogen-bond acceptors (Lipinski definition) is 8. The molecule has 40 heavy (non-hydrogen) atoms. The molecular formula is C29H36F3N7O. The molecule has 0 spiro atoms. The number of nitrogens with zero attached hydrogens (tertiary/aromatic N) is 7. The molecule has 4 heterocycles. The van der Waals surface area contributed by atoms with E-state index in [0.717, 1.165) is 43.5 Å². The maximum absolute atomic E-state index is 13.8. The minimum absolute atomic E-state index is 0.0273. The zero-order chi connectivity index (χ0) is 28.3. The smallest absolute Gasteiger partial charge is 0.418 e. The lowest BCUT2D eigenvalue weighted by Gasteiger charge is -2.42. The van der Waals surface area contributed by atoms with E-state index in [1.165, 1.54) is 12.1 Å². The number of nitriles is 1. The van der Waals surface area contributed by atoms with Gasteiger partial charge in [-0.3, -0.25) is 4.90 Å². The van der Waals surface area contributed by atoms with E-state index in [2.05, 4.69) is 34.4 Å². The number of fused-ring (bicyclic) bond motifs is 1. The van der Waals surface area contributed by atoms with E-state index in [4.69, 9.17) is 14.7 Å². The summed E-state index contributed by atoms with van der Waals surface area (Å²) in [5.41, 5.74) is 1.15. The average molecular weight is 556 g/mol. The van der Waals surface area contributed by atoms with Crippen LogP contribution < -0.4 is 14.5 Å². The monoisotopic (exact) mass is 555 g/mol. The largest absolute Gasteiger partial charge is 0.463 e. The van der Waals surface area contributed by atoms with Crippen molar-refractivity contribution in [1.82, 2.24) is 19.8 Å². The molecule has 0 N–H and O–H groups in total. The molecule has 2 aromatic rings. The molecule has 3 aliphatic heterocycles. The first kappa shape index (κ1) is 28.2. The van der Waals surface area contributed by atoms with Gasteiger partial charge in [-0.05, 0) is 38.6 Å². The van der Waals surface area contributed by atoms with E-state index >= 15 is 0 Å². The highest BCUT2D eigenvalue weighted by Crippen LogP contribution is 2.39. The van der Waals surface area contributed by atoms with Crippen molar-refractivity contribution < 1.29 is 17.9 Å². The molecule has 8 nitrogen and oxygen atoms in total. The number of para-hydroxylation sites is 1. The Hall–Kier alpha value is -3.36. The van der Waals surface area contributed by atoms with Gasteiger partial charge in [0.2, 0.25) is 0 Å². The van der Waals surface area contributed by atoms with Crippen molar-refractivity contribution >= 4 is 11.5 Å². The molecule has 2 saturated heterocycles. The second-order valence-corrected chi connectivity index (χ2v) is 10.9. The van der Waals surface area contributed by atoms with Gasteiger partial charge in [-0.1, -0.05) is 18.2 Å². The summed E-state index contributed by atoms with van der Waals surface area (Å²) < 4.78 is 47.6. The standard InChI is InChI=1S/C29H36F3N7O/c1-3-12-37-15-16-39(18-22(37)8-11-33)27-23-10-14-38(26-7-5-4-6-24(26)29(30,31)32)19-25(23)34-28(35-27)40-20-21-9-13-36(2)17-21/h3-7,21-22H,1,8-10,12-20H2,2H3/t21-,22?/m1/s1. The van der Waals surface area contributed by atoms with Gasteiger partial charge in [0.25, 0.3) is 0 Å². The van der Waals surface area contributed by atoms with Crippen molar-refractivity contribution in [2.24, 2.45) is 5.92 Å². The summed E-state index contributed by atoms with van der Waals surface area (Å²) in [5.74, 6) is 1.15. The van der Waals surface area contributed by atoms with Crippen LogP contribution in [0.25, 0.3) is 0 Å². The fourth-order valence-corrected chi connectivity index (χ4v) is 6.05. The normalized spacial score (nSPS) is 22.2. The molecule has 1 aromatic heterocycles. The van der Waals surface area contributed by atoms with Crippen LogP contribution in [0.15, 0.2) is 36.9 Å². The molecule has 1 aromatic carbocycles. The topological polar surface area (TPSA) is 71.8 Å². The number of benzene rings is 1. The minimum atomic E-state index is -4.45. The second-order valence-electron chi connectivity index (χ2n) is 10.9. The number of halogens is 3. The fourth-order valence-electron chi connectivity index (χ4n) is 6.05. The first-order valence-electron chi connectivity index (χ1n) is 13.9. The van der Waals surface area contributed by atoms with Crippen LogP contribution in [-0.4, -0.2) is 85.3 Å². The molecule has 1 unspecified atom stereocenters. The first-order chi connectivity index (χ1) is 19.3. The number of aromatic nitrogens is 2. The van der Waals surface area contributed by atoms with Crippen LogP contribution >= 0.6 is 0 Å². The van der Waals surface area contributed by atoms with E-state index < -0.39 is 11.7 Å². The van der Waals surface area contributed by atoms with Gasteiger partial charge in [0.1, 0.15) is 5.82 Å². The van der Waals surface area contributed by atoms with Gasteiger partial charge < -0.3 is 19.4 Å². The summed E-state index contributed by atoms with van der Waals surface area (Å²) in [4.78, 5) is 18.1. The number of hydrogen-bond donors (Lipinski definition) is 0. The van der Waals surface area contributed by atoms with E-state index in [0.29, 0.717) is 57.2 Å². The van der Waals surface area contributed by atoms with Gasteiger partial charge in [0, 0.05) is 62.5 Å². The molecule has 0 radical (unpaired) electrons. The zero-order valence-electron chi connectivity index (χ0n) is 22.9. The maximum atomic E-state index is 13.8. The summed E-state index contributed by atoms with van der Waals surface area (Å²) in [6.07, 6.45) is -0.653. The molecule has 0 amide bonds. The Morgan fingerprint density at radius 2 is 1.95 bits per heavy atom. The number of ether oxygens (including phenoxy) is 1. The van der Waals surface area contributed by atoms with Crippen LogP contribution in [0.3, 0.4) is 0 Å². The predicted molar refractivity (Wildman–Crippen MR) is 147 cm³/mol. The molecule has 5 rings (SSSR count). The molecule has 11 heteroatoms. The maximum Gasteiger partial charge on any atom is 0.418 e. The third-order valence-electron chi connectivity index (χ3n) is 8.10. The quantitative estimate of drug-likeness (QED) is 0.453. The van der Waals surface area contributed by atoms with E-state index in [1.54, 1.807) is 11.0 Å². The lowest BCUT2D eigenvalue weighted by molar-refractivity contribution is -0.137. The van der Waals surface area contributed by atoms with Gasteiger partial charge in [-0.15, -0.1) is 6.58 Å². The summed E-state index contributed by atoms with van der Waals surface area (Å²) >= 11 is 0.